The van der Waals surface area contributed by atoms with Gasteiger partial charge in [0.2, 0.25) is 5.91 Å². The minimum atomic E-state index is -0.447. The van der Waals surface area contributed by atoms with Gasteiger partial charge in [-0.1, -0.05) is 41.5 Å². The van der Waals surface area contributed by atoms with Crippen molar-refractivity contribution in [2.45, 2.75) is 60.5 Å². The number of carbonyl (C=O) groups is 2. The van der Waals surface area contributed by atoms with E-state index in [4.69, 9.17) is 0 Å². The molecule has 0 saturated heterocycles. The maximum atomic E-state index is 12.1. The standard InChI is InChI=1S/C14H28N2O2/c1-8-15-11(9(2)3)13(18)16-10(4)12(17)14(5,6)7/h9-11,15H,8H2,1-7H3,(H,16,18)/t10-,11-/m0/s1. The lowest BCUT2D eigenvalue weighted by atomic mass is 9.87. The third-order valence-electron chi connectivity index (χ3n) is 2.86. The number of amides is 1. The first-order chi connectivity index (χ1) is 8.11. The van der Waals surface area contributed by atoms with Crippen LogP contribution in [0.15, 0.2) is 0 Å². The molecule has 4 heteroatoms. The molecule has 1 amide bonds. The second-order valence-electron chi connectivity index (χ2n) is 6.12. The summed E-state index contributed by atoms with van der Waals surface area (Å²) in [4.78, 5) is 24.1. The molecule has 0 aliphatic rings. The van der Waals surface area contributed by atoms with Crippen LogP contribution in [-0.2, 0) is 9.59 Å². The van der Waals surface area contributed by atoms with Crippen LogP contribution in [-0.4, -0.2) is 30.3 Å². The minimum Gasteiger partial charge on any atom is -0.345 e. The Morgan fingerprint density at radius 3 is 1.94 bits per heavy atom. The molecular formula is C14H28N2O2. The molecule has 0 saturated carbocycles. The number of nitrogens with one attached hydrogen (secondary N) is 2. The van der Waals surface area contributed by atoms with Gasteiger partial charge in [0.25, 0.3) is 0 Å². The molecule has 0 aliphatic heterocycles. The molecule has 0 rings (SSSR count). The Labute approximate surface area is 111 Å². The number of ketones is 1. The summed E-state index contributed by atoms with van der Waals surface area (Å²) in [6, 6.07) is -0.692. The zero-order valence-electron chi connectivity index (χ0n) is 12.8. The summed E-state index contributed by atoms with van der Waals surface area (Å²) < 4.78 is 0. The summed E-state index contributed by atoms with van der Waals surface area (Å²) >= 11 is 0. The monoisotopic (exact) mass is 256 g/mol. The van der Waals surface area contributed by atoms with Crippen LogP contribution in [0.4, 0.5) is 0 Å². The summed E-state index contributed by atoms with van der Waals surface area (Å²) in [5.74, 6) is 0.147. The number of hydrogen-bond acceptors (Lipinski definition) is 3. The molecule has 106 valence electrons. The highest BCUT2D eigenvalue weighted by molar-refractivity contribution is 5.93. The molecule has 0 radical (unpaired) electrons. The number of likely N-dealkylation sites (N-methyl/N-ethyl adjacent to an activating group) is 1. The van der Waals surface area contributed by atoms with Crippen LogP contribution in [0.1, 0.15) is 48.5 Å². The smallest absolute Gasteiger partial charge is 0.237 e. The van der Waals surface area contributed by atoms with E-state index in [1.807, 2.05) is 41.5 Å². The fourth-order valence-corrected chi connectivity index (χ4v) is 1.87. The highest BCUT2D eigenvalue weighted by Gasteiger charge is 2.30. The molecule has 0 aromatic carbocycles. The molecule has 4 nitrogen and oxygen atoms in total. The predicted octanol–water partition coefficient (Wildman–Crippen LogP) is 1.74. The third kappa shape index (κ3) is 5.17. The van der Waals surface area contributed by atoms with Gasteiger partial charge in [-0.15, -0.1) is 0 Å². The van der Waals surface area contributed by atoms with Crippen molar-refractivity contribution in [2.75, 3.05) is 6.54 Å². The number of Topliss-reactive ketones (excluding diaryl/α,β-unsaturated/α-hetero) is 1. The van der Waals surface area contributed by atoms with Gasteiger partial charge in [-0.2, -0.15) is 0 Å². The molecule has 0 aromatic heterocycles. The lowest BCUT2D eigenvalue weighted by Crippen LogP contribution is -2.52. The van der Waals surface area contributed by atoms with Crippen molar-refractivity contribution in [3.05, 3.63) is 0 Å². The van der Waals surface area contributed by atoms with Gasteiger partial charge in [-0.3, -0.25) is 9.59 Å². The zero-order chi connectivity index (χ0) is 14.5. The normalized spacial score (nSPS) is 15.3. The Hall–Kier alpha value is -0.900. The van der Waals surface area contributed by atoms with Gasteiger partial charge >= 0.3 is 0 Å². The summed E-state index contributed by atoms with van der Waals surface area (Å²) in [6.07, 6.45) is 0. The van der Waals surface area contributed by atoms with Gasteiger partial charge in [-0.05, 0) is 19.4 Å². The van der Waals surface area contributed by atoms with E-state index in [0.29, 0.717) is 0 Å². The van der Waals surface area contributed by atoms with Gasteiger partial charge in [0.05, 0.1) is 12.1 Å². The predicted molar refractivity (Wildman–Crippen MR) is 74.4 cm³/mol. The zero-order valence-corrected chi connectivity index (χ0v) is 12.8. The van der Waals surface area contributed by atoms with Crippen molar-refractivity contribution >= 4 is 11.7 Å². The Kier molecular flexibility index (Phi) is 6.54. The lowest BCUT2D eigenvalue weighted by molar-refractivity contribution is -0.133. The molecule has 0 aromatic rings. The SMILES string of the molecule is CCN[C@H](C(=O)N[C@@H](C)C(=O)C(C)(C)C)C(C)C. The van der Waals surface area contributed by atoms with Crippen molar-refractivity contribution in [3.63, 3.8) is 0 Å². The highest BCUT2D eigenvalue weighted by Crippen LogP contribution is 2.16. The van der Waals surface area contributed by atoms with E-state index in [-0.39, 0.29) is 23.7 Å². The number of rotatable bonds is 6. The van der Waals surface area contributed by atoms with E-state index in [0.717, 1.165) is 6.54 Å². The topological polar surface area (TPSA) is 58.2 Å². The molecule has 2 atom stereocenters. The molecule has 18 heavy (non-hydrogen) atoms. The average Bonchev–Trinajstić information content (AvgIpc) is 2.22. The first kappa shape index (κ1) is 17.1. The first-order valence-corrected chi connectivity index (χ1v) is 6.69. The largest absolute Gasteiger partial charge is 0.345 e. The van der Waals surface area contributed by atoms with Crippen LogP contribution in [0.2, 0.25) is 0 Å². The molecular weight excluding hydrogens is 228 g/mol. The number of carbonyl (C=O) groups excluding carboxylic acids is 2. The van der Waals surface area contributed by atoms with Crippen molar-refractivity contribution in [1.29, 1.82) is 0 Å². The van der Waals surface area contributed by atoms with E-state index in [9.17, 15) is 9.59 Å². The van der Waals surface area contributed by atoms with Crippen molar-refractivity contribution in [2.24, 2.45) is 11.3 Å². The van der Waals surface area contributed by atoms with Crippen LogP contribution in [0, 0.1) is 11.3 Å². The molecule has 0 heterocycles. The van der Waals surface area contributed by atoms with Crippen LogP contribution >= 0.6 is 0 Å². The van der Waals surface area contributed by atoms with Gasteiger partial charge in [0.15, 0.2) is 5.78 Å². The summed E-state index contributed by atoms with van der Waals surface area (Å²) in [5, 5.41) is 5.94. The number of hydrogen-bond donors (Lipinski definition) is 2. The van der Waals surface area contributed by atoms with E-state index in [1.165, 1.54) is 0 Å². The van der Waals surface area contributed by atoms with E-state index in [1.54, 1.807) is 6.92 Å². The molecule has 0 aliphatic carbocycles. The van der Waals surface area contributed by atoms with E-state index in [2.05, 4.69) is 10.6 Å². The molecule has 0 bridgehead atoms. The molecule has 0 spiro atoms. The lowest BCUT2D eigenvalue weighted by Gasteiger charge is -2.26. The molecule has 2 N–H and O–H groups in total. The van der Waals surface area contributed by atoms with Crippen molar-refractivity contribution in [1.82, 2.24) is 10.6 Å². The summed E-state index contributed by atoms with van der Waals surface area (Å²) in [6.45, 7) is 14.0. The van der Waals surface area contributed by atoms with Crippen LogP contribution in [0.3, 0.4) is 0 Å². The first-order valence-electron chi connectivity index (χ1n) is 6.69. The van der Waals surface area contributed by atoms with E-state index < -0.39 is 11.5 Å². The maximum Gasteiger partial charge on any atom is 0.237 e. The molecule has 0 fully saturated rings. The van der Waals surface area contributed by atoms with Gasteiger partial charge in [0.1, 0.15) is 0 Å². The Morgan fingerprint density at radius 2 is 1.61 bits per heavy atom. The maximum absolute atomic E-state index is 12.1. The highest BCUT2D eigenvalue weighted by atomic mass is 16.2. The fourth-order valence-electron chi connectivity index (χ4n) is 1.87. The van der Waals surface area contributed by atoms with Gasteiger partial charge in [0, 0.05) is 5.41 Å². The Bertz CT molecular complexity index is 293. The summed E-state index contributed by atoms with van der Waals surface area (Å²) in [5.41, 5.74) is -0.432. The van der Waals surface area contributed by atoms with Crippen molar-refractivity contribution < 1.29 is 9.59 Å². The van der Waals surface area contributed by atoms with Gasteiger partial charge in [-0.25, -0.2) is 0 Å². The van der Waals surface area contributed by atoms with E-state index >= 15 is 0 Å². The Morgan fingerprint density at radius 1 is 1.11 bits per heavy atom. The fraction of sp³-hybridized carbons (Fsp3) is 0.857. The van der Waals surface area contributed by atoms with Gasteiger partial charge < -0.3 is 10.6 Å². The van der Waals surface area contributed by atoms with Crippen LogP contribution in [0.25, 0.3) is 0 Å². The van der Waals surface area contributed by atoms with Crippen LogP contribution in [0.5, 0.6) is 0 Å². The second-order valence-corrected chi connectivity index (χ2v) is 6.12. The second kappa shape index (κ2) is 6.88. The summed E-state index contributed by atoms with van der Waals surface area (Å²) in [7, 11) is 0. The minimum absolute atomic E-state index is 0.0508. The average molecular weight is 256 g/mol. The quantitative estimate of drug-likeness (QED) is 0.761. The molecule has 0 unspecified atom stereocenters. The van der Waals surface area contributed by atoms with Crippen molar-refractivity contribution in [3.8, 4) is 0 Å². The third-order valence-corrected chi connectivity index (χ3v) is 2.86. The van der Waals surface area contributed by atoms with Crippen LogP contribution < -0.4 is 10.6 Å². The Balaban J connectivity index is 4.59.